The first kappa shape index (κ1) is 13.7. The second-order valence-corrected chi connectivity index (χ2v) is 6.73. The van der Waals surface area contributed by atoms with Gasteiger partial charge in [-0.3, -0.25) is 0 Å². The van der Waals surface area contributed by atoms with Crippen LogP contribution in [0, 0.1) is 0 Å². The second-order valence-electron chi connectivity index (χ2n) is 3.62. The maximum atomic E-state index is 12.0. The Morgan fingerprint density at radius 3 is 2.62 bits per heavy atom. The van der Waals surface area contributed by atoms with Crippen LogP contribution in [0.15, 0.2) is 27.6 Å². The number of hydrogen-bond acceptors (Lipinski definition) is 3. The molecule has 90 valence electrons. The van der Waals surface area contributed by atoms with Crippen molar-refractivity contribution in [3.8, 4) is 5.75 Å². The van der Waals surface area contributed by atoms with E-state index >= 15 is 0 Å². The van der Waals surface area contributed by atoms with Gasteiger partial charge in [0.15, 0.2) is 11.7 Å². The van der Waals surface area contributed by atoms with Gasteiger partial charge in [0.1, 0.15) is 21.8 Å². The average molecular weight is 308 g/mol. The topological polar surface area (TPSA) is 35.5 Å². The summed E-state index contributed by atoms with van der Waals surface area (Å²) in [6.07, 6.45) is 0. The predicted octanol–water partition coefficient (Wildman–Crippen LogP) is 2.90. The van der Waals surface area contributed by atoms with E-state index < -0.39 is 10.8 Å². The molecule has 5 heteroatoms. The second kappa shape index (κ2) is 6.37. The number of rotatable bonds is 5. The van der Waals surface area contributed by atoms with E-state index in [1.54, 1.807) is 13.2 Å². The average Bonchev–Trinajstić information content (AvgIpc) is 2.24. The predicted molar refractivity (Wildman–Crippen MR) is 69.5 cm³/mol. The first-order valence-electron chi connectivity index (χ1n) is 4.93. The summed E-state index contributed by atoms with van der Waals surface area (Å²) in [6, 6.07) is 5.48. The molecule has 0 amide bonds. The molecule has 16 heavy (non-hydrogen) atoms. The minimum Gasteiger partial charge on any atom is -0.467 e. The van der Waals surface area contributed by atoms with Crippen LogP contribution in [-0.2, 0) is 19.7 Å². The lowest BCUT2D eigenvalue weighted by Gasteiger charge is -2.06. The summed E-state index contributed by atoms with van der Waals surface area (Å²) in [7, 11) is 0.180. The van der Waals surface area contributed by atoms with Gasteiger partial charge in [0.25, 0.3) is 0 Å². The molecule has 0 fully saturated rings. The van der Waals surface area contributed by atoms with Crippen molar-refractivity contribution in [2.24, 2.45) is 0 Å². The summed E-state index contributed by atoms with van der Waals surface area (Å²) in [5, 5.41) is 0.125. The summed E-state index contributed by atoms with van der Waals surface area (Å²) < 4.78 is 23.0. The number of benzene rings is 1. The molecule has 0 aliphatic carbocycles. The first-order chi connectivity index (χ1) is 7.54. The van der Waals surface area contributed by atoms with Gasteiger partial charge in [-0.1, -0.05) is 15.9 Å². The van der Waals surface area contributed by atoms with Crippen molar-refractivity contribution in [1.29, 1.82) is 0 Å². The van der Waals surface area contributed by atoms with Crippen molar-refractivity contribution in [2.75, 3.05) is 13.9 Å². The fraction of sp³-hybridized carbons (Fsp3) is 0.455. The third kappa shape index (κ3) is 3.88. The molecule has 0 bridgehead atoms. The van der Waals surface area contributed by atoms with Crippen LogP contribution in [0.4, 0.5) is 0 Å². The number of ether oxygens (including phenoxy) is 2. The van der Waals surface area contributed by atoms with Crippen LogP contribution in [-0.4, -0.2) is 19.2 Å². The maximum Gasteiger partial charge on any atom is 0.188 e. The maximum absolute atomic E-state index is 12.0. The van der Waals surface area contributed by atoms with E-state index in [1.807, 2.05) is 26.0 Å². The molecule has 1 atom stereocenters. The van der Waals surface area contributed by atoms with Gasteiger partial charge in [0, 0.05) is 23.7 Å². The Morgan fingerprint density at radius 2 is 2.06 bits per heavy atom. The van der Waals surface area contributed by atoms with Crippen molar-refractivity contribution in [2.45, 2.75) is 24.0 Å². The molecule has 0 radical (unpaired) electrons. The number of halogens is 1. The lowest BCUT2D eigenvalue weighted by Crippen LogP contribution is -2.06. The van der Waals surface area contributed by atoms with E-state index in [0.717, 1.165) is 9.37 Å². The summed E-state index contributed by atoms with van der Waals surface area (Å²) in [5.74, 6) is 0.662. The Labute approximate surface area is 107 Å². The lowest BCUT2D eigenvalue weighted by molar-refractivity contribution is 0.0509. The molecule has 1 unspecified atom stereocenters. The minimum atomic E-state index is -1.38. The number of hydrogen-bond donors (Lipinski definition) is 0. The van der Waals surface area contributed by atoms with E-state index in [0.29, 0.717) is 5.75 Å². The molecule has 0 saturated carbocycles. The summed E-state index contributed by atoms with van der Waals surface area (Å²) in [6.45, 7) is 4.07. The largest absolute Gasteiger partial charge is 0.467 e. The van der Waals surface area contributed by atoms with Crippen molar-refractivity contribution in [3.05, 3.63) is 22.7 Å². The van der Waals surface area contributed by atoms with Crippen molar-refractivity contribution >= 4 is 26.7 Å². The van der Waals surface area contributed by atoms with Gasteiger partial charge in [0.2, 0.25) is 0 Å². The lowest BCUT2D eigenvalue weighted by atomic mass is 10.3. The van der Waals surface area contributed by atoms with Gasteiger partial charge in [-0.05, 0) is 19.9 Å². The minimum absolute atomic E-state index is 0.125. The van der Waals surface area contributed by atoms with Gasteiger partial charge < -0.3 is 9.47 Å². The monoisotopic (exact) mass is 307 g/mol. The third-order valence-corrected chi connectivity index (χ3v) is 4.09. The molecular formula is C11H16BrO3S+. The van der Waals surface area contributed by atoms with Crippen LogP contribution in [0.1, 0.15) is 13.8 Å². The molecule has 0 N–H and O–H groups in total. The zero-order valence-electron chi connectivity index (χ0n) is 9.57. The SMILES string of the molecule is COCOc1cc(Br)cc([SH+](=O)C(C)C)c1. The highest BCUT2D eigenvalue weighted by molar-refractivity contribution is 9.10. The van der Waals surface area contributed by atoms with E-state index in [1.165, 1.54) is 0 Å². The van der Waals surface area contributed by atoms with E-state index in [-0.39, 0.29) is 12.0 Å². The normalized spacial score (nSPS) is 12.8. The molecule has 1 rings (SSSR count). The Hall–Kier alpha value is -0.390. The first-order valence-corrected chi connectivity index (χ1v) is 7.05. The standard InChI is InChI=1S/C11H15BrO3S/c1-8(2)16(13)11-5-9(12)4-10(6-11)15-7-14-3/h4-6,8H,7H2,1-3H3/p+1. The Bertz CT molecular complexity index is 379. The van der Waals surface area contributed by atoms with E-state index in [9.17, 15) is 4.21 Å². The van der Waals surface area contributed by atoms with E-state index in [2.05, 4.69) is 15.9 Å². The van der Waals surface area contributed by atoms with Crippen molar-refractivity contribution in [3.63, 3.8) is 0 Å². The zero-order chi connectivity index (χ0) is 12.1. The molecule has 0 aromatic heterocycles. The van der Waals surface area contributed by atoms with Crippen LogP contribution in [0.5, 0.6) is 5.75 Å². The van der Waals surface area contributed by atoms with Crippen LogP contribution in [0.3, 0.4) is 0 Å². The molecule has 0 aliphatic rings. The van der Waals surface area contributed by atoms with E-state index in [4.69, 9.17) is 9.47 Å². The third-order valence-electron chi connectivity index (χ3n) is 1.92. The van der Waals surface area contributed by atoms with Crippen LogP contribution in [0.25, 0.3) is 0 Å². The van der Waals surface area contributed by atoms with Gasteiger partial charge in [0.05, 0.1) is 0 Å². The fourth-order valence-electron chi connectivity index (χ4n) is 1.18. The highest BCUT2D eigenvalue weighted by Gasteiger charge is 2.16. The summed E-state index contributed by atoms with van der Waals surface area (Å²) in [5.41, 5.74) is 0. The highest BCUT2D eigenvalue weighted by atomic mass is 79.9. The molecule has 0 aliphatic heterocycles. The van der Waals surface area contributed by atoms with Crippen molar-refractivity contribution in [1.82, 2.24) is 0 Å². The Morgan fingerprint density at radius 1 is 1.38 bits per heavy atom. The molecule has 0 saturated heterocycles. The number of thiol groups is 1. The van der Waals surface area contributed by atoms with Gasteiger partial charge >= 0.3 is 0 Å². The zero-order valence-corrected chi connectivity index (χ0v) is 12.0. The quantitative estimate of drug-likeness (QED) is 0.477. The fourth-order valence-corrected chi connectivity index (χ4v) is 2.95. The molecular weight excluding hydrogens is 292 g/mol. The molecule has 1 aromatic carbocycles. The molecule has 3 nitrogen and oxygen atoms in total. The van der Waals surface area contributed by atoms with Crippen LogP contribution < -0.4 is 4.74 Å². The van der Waals surface area contributed by atoms with Crippen LogP contribution >= 0.6 is 15.9 Å². The Kier molecular flexibility index (Phi) is 5.44. The smallest absolute Gasteiger partial charge is 0.188 e. The molecule has 0 spiro atoms. The Balaban J connectivity index is 2.93. The summed E-state index contributed by atoms with van der Waals surface area (Å²) >= 11 is 3.37. The van der Waals surface area contributed by atoms with Gasteiger partial charge in [-0.15, -0.1) is 4.21 Å². The van der Waals surface area contributed by atoms with Gasteiger partial charge in [-0.25, -0.2) is 0 Å². The molecule has 1 aromatic rings. The van der Waals surface area contributed by atoms with Gasteiger partial charge in [-0.2, -0.15) is 0 Å². The van der Waals surface area contributed by atoms with Crippen molar-refractivity contribution < 1.29 is 13.7 Å². The molecule has 0 heterocycles. The highest BCUT2D eigenvalue weighted by Crippen LogP contribution is 2.25. The van der Waals surface area contributed by atoms with Crippen LogP contribution in [0.2, 0.25) is 0 Å². The number of methoxy groups -OCH3 is 1. The summed E-state index contributed by atoms with van der Waals surface area (Å²) in [4.78, 5) is 0.797.